The van der Waals surface area contributed by atoms with Gasteiger partial charge in [0, 0.05) is 19.7 Å². The van der Waals surface area contributed by atoms with E-state index >= 15 is 0 Å². The van der Waals surface area contributed by atoms with Gasteiger partial charge in [-0.05, 0) is 12.1 Å². The number of halogens is 1. The minimum atomic E-state index is -0.885. The molecule has 1 aromatic carbocycles. The topological polar surface area (TPSA) is 66.6 Å². The fourth-order valence-electron chi connectivity index (χ4n) is 1.62. The molecule has 18 heavy (non-hydrogen) atoms. The van der Waals surface area contributed by atoms with Gasteiger partial charge >= 0.3 is 5.97 Å². The van der Waals surface area contributed by atoms with Crippen LogP contribution in [-0.2, 0) is 4.79 Å². The predicted molar refractivity (Wildman–Crippen MR) is 64.0 cm³/mol. The summed E-state index contributed by atoms with van der Waals surface area (Å²) in [7, 11) is 1.68. The van der Waals surface area contributed by atoms with Gasteiger partial charge in [0.15, 0.2) is 5.58 Å². The lowest BCUT2D eigenvalue weighted by molar-refractivity contribution is -0.140. The lowest BCUT2D eigenvalue weighted by Gasteiger charge is -2.16. The van der Waals surface area contributed by atoms with Crippen molar-refractivity contribution in [2.24, 2.45) is 5.92 Å². The number of carbonyl (C=O) groups is 1. The molecule has 96 valence electrons. The van der Waals surface area contributed by atoms with Crippen molar-refractivity contribution in [3.63, 3.8) is 0 Å². The zero-order valence-electron chi connectivity index (χ0n) is 10.1. The Morgan fingerprint density at radius 2 is 2.33 bits per heavy atom. The van der Waals surface area contributed by atoms with Crippen molar-refractivity contribution in [2.45, 2.75) is 6.92 Å². The highest BCUT2D eigenvalue weighted by Gasteiger charge is 2.17. The molecule has 5 nitrogen and oxygen atoms in total. The highest BCUT2D eigenvalue weighted by atomic mass is 19.1. The summed E-state index contributed by atoms with van der Waals surface area (Å²) in [6.45, 7) is 1.87. The van der Waals surface area contributed by atoms with E-state index in [1.165, 1.54) is 18.2 Å². The van der Waals surface area contributed by atoms with Crippen molar-refractivity contribution >= 4 is 23.1 Å². The molecule has 0 bridgehead atoms. The van der Waals surface area contributed by atoms with Gasteiger partial charge in [0.2, 0.25) is 0 Å². The number of benzene rings is 1. The van der Waals surface area contributed by atoms with Crippen molar-refractivity contribution < 1.29 is 18.7 Å². The van der Waals surface area contributed by atoms with Crippen LogP contribution in [0.5, 0.6) is 0 Å². The molecular formula is C12H13FN2O3. The third-order valence-electron chi connectivity index (χ3n) is 2.63. The number of oxazole rings is 1. The van der Waals surface area contributed by atoms with E-state index in [1.54, 1.807) is 18.9 Å². The number of hydrogen-bond donors (Lipinski definition) is 1. The summed E-state index contributed by atoms with van der Waals surface area (Å²) in [4.78, 5) is 16.5. The molecule has 0 radical (unpaired) electrons. The third kappa shape index (κ3) is 2.42. The van der Waals surface area contributed by atoms with Crippen LogP contribution in [0.1, 0.15) is 6.92 Å². The molecule has 1 N–H and O–H groups in total. The second-order valence-electron chi connectivity index (χ2n) is 4.23. The van der Waals surface area contributed by atoms with Gasteiger partial charge in [-0.25, -0.2) is 4.39 Å². The first-order valence-electron chi connectivity index (χ1n) is 5.47. The Hall–Kier alpha value is -2.11. The Labute approximate surface area is 103 Å². The van der Waals surface area contributed by atoms with E-state index in [2.05, 4.69) is 4.98 Å². The molecule has 0 amide bonds. The van der Waals surface area contributed by atoms with Gasteiger partial charge in [0.05, 0.1) is 5.92 Å². The molecule has 1 heterocycles. The molecule has 1 atom stereocenters. The summed E-state index contributed by atoms with van der Waals surface area (Å²) in [5, 5.41) is 8.83. The maximum atomic E-state index is 13.0. The molecule has 0 aliphatic rings. The molecule has 0 saturated heterocycles. The summed E-state index contributed by atoms with van der Waals surface area (Å²) in [6.07, 6.45) is 0. The van der Waals surface area contributed by atoms with E-state index in [9.17, 15) is 9.18 Å². The van der Waals surface area contributed by atoms with E-state index in [-0.39, 0.29) is 18.4 Å². The number of aromatic nitrogens is 1. The molecule has 6 heteroatoms. The number of fused-ring (bicyclic) bond motifs is 1. The van der Waals surface area contributed by atoms with E-state index in [0.29, 0.717) is 11.1 Å². The number of carboxylic acids is 1. The summed E-state index contributed by atoms with van der Waals surface area (Å²) >= 11 is 0. The number of aliphatic carboxylic acids is 1. The Morgan fingerprint density at radius 3 is 3.00 bits per heavy atom. The fourth-order valence-corrected chi connectivity index (χ4v) is 1.62. The molecule has 0 fully saturated rings. The van der Waals surface area contributed by atoms with Crippen LogP contribution >= 0.6 is 0 Å². The summed E-state index contributed by atoms with van der Waals surface area (Å²) in [5.74, 6) is -1.81. The number of hydrogen-bond acceptors (Lipinski definition) is 4. The summed E-state index contributed by atoms with van der Waals surface area (Å²) < 4.78 is 18.4. The first-order chi connectivity index (χ1) is 8.47. The number of carboxylic acid groups (broad SMARTS) is 1. The van der Waals surface area contributed by atoms with Gasteiger partial charge in [-0.1, -0.05) is 6.92 Å². The zero-order chi connectivity index (χ0) is 13.3. The van der Waals surface area contributed by atoms with Crippen LogP contribution in [-0.4, -0.2) is 29.7 Å². The molecular weight excluding hydrogens is 239 g/mol. The Morgan fingerprint density at radius 1 is 1.61 bits per heavy atom. The van der Waals surface area contributed by atoms with Gasteiger partial charge in [0.25, 0.3) is 6.01 Å². The van der Waals surface area contributed by atoms with Crippen LogP contribution in [0.2, 0.25) is 0 Å². The monoisotopic (exact) mass is 252 g/mol. The van der Waals surface area contributed by atoms with Crippen LogP contribution in [0, 0.1) is 11.7 Å². The highest BCUT2D eigenvalue weighted by Crippen LogP contribution is 2.22. The van der Waals surface area contributed by atoms with E-state index in [1.807, 2.05) is 0 Å². The lowest BCUT2D eigenvalue weighted by Crippen LogP contribution is -2.28. The van der Waals surface area contributed by atoms with Crippen LogP contribution in [0.3, 0.4) is 0 Å². The Balaban J connectivity index is 2.22. The number of rotatable bonds is 4. The second kappa shape index (κ2) is 4.64. The van der Waals surface area contributed by atoms with Crippen LogP contribution in [0.25, 0.3) is 11.1 Å². The SMILES string of the molecule is CC(CN(C)c1nc2cc(F)ccc2o1)C(=O)O. The predicted octanol–water partition coefficient (Wildman–Crippen LogP) is 2.12. The van der Waals surface area contributed by atoms with Gasteiger partial charge < -0.3 is 14.4 Å². The van der Waals surface area contributed by atoms with E-state index in [4.69, 9.17) is 9.52 Å². The van der Waals surface area contributed by atoms with Crippen molar-refractivity contribution in [3.05, 3.63) is 24.0 Å². The van der Waals surface area contributed by atoms with Crippen LogP contribution in [0.4, 0.5) is 10.4 Å². The lowest BCUT2D eigenvalue weighted by atomic mass is 10.2. The number of anilines is 1. The standard InChI is InChI=1S/C12H13FN2O3/c1-7(11(16)17)6-15(2)12-14-9-5-8(13)3-4-10(9)18-12/h3-5,7H,6H2,1-2H3,(H,16,17). The van der Waals surface area contributed by atoms with Crippen molar-refractivity contribution in [2.75, 3.05) is 18.5 Å². The third-order valence-corrected chi connectivity index (χ3v) is 2.63. The average Bonchev–Trinajstić information content (AvgIpc) is 2.71. The Bertz CT molecular complexity index is 582. The summed E-state index contributed by atoms with van der Waals surface area (Å²) in [6, 6.07) is 4.34. The molecule has 1 aromatic heterocycles. The van der Waals surface area contributed by atoms with Crippen molar-refractivity contribution in [1.82, 2.24) is 4.98 Å². The molecule has 0 spiro atoms. The first-order valence-corrected chi connectivity index (χ1v) is 5.47. The highest BCUT2D eigenvalue weighted by molar-refractivity contribution is 5.74. The maximum absolute atomic E-state index is 13.0. The first kappa shape index (κ1) is 12.3. The Kier molecular flexibility index (Phi) is 3.18. The normalized spacial score (nSPS) is 12.6. The zero-order valence-corrected chi connectivity index (χ0v) is 10.1. The van der Waals surface area contributed by atoms with E-state index in [0.717, 1.165) is 0 Å². The molecule has 0 saturated carbocycles. The molecule has 0 aliphatic carbocycles. The van der Waals surface area contributed by atoms with Gasteiger partial charge in [-0.15, -0.1) is 0 Å². The van der Waals surface area contributed by atoms with Crippen LogP contribution in [0.15, 0.2) is 22.6 Å². The smallest absolute Gasteiger partial charge is 0.308 e. The largest absolute Gasteiger partial charge is 0.481 e. The molecule has 2 rings (SSSR count). The minimum Gasteiger partial charge on any atom is -0.481 e. The number of nitrogens with zero attached hydrogens (tertiary/aromatic N) is 2. The summed E-state index contributed by atoms with van der Waals surface area (Å²) in [5.41, 5.74) is 0.890. The maximum Gasteiger partial charge on any atom is 0.308 e. The van der Waals surface area contributed by atoms with Crippen LogP contribution < -0.4 is 4.90 Å². The van der Waals surface area contributed by atoms with Crippen molar-refractivity contribution in [1.29, 1.82) is 0 Å². The van der Waals surface area contributed by atoms with Crippen molar-refractivity contribution in [3.8, 4) is 0 Å². The van der Waals surface area contributed by atoms with Gasteiger partial charge in [0.1, 0.15) is 11.3 Å². The quantitative estimate of drug-likeness (QED) is 0.902. The molecule has 0 aliphatic heterocycles. The minimum absolute atomic E-state index is 0.268. The second-order valence-corrected chi connectivity index (χ2v) is 4.23. The molecule has 2 aromatic rings. The average molecular weight is 252 g/mol. The molecule has 1 unspecified atom stereocenters. The van der Waals surface area contributed by atoms with Gasteiger partial charge in [-0.3, -0.25) is 4.79 Å². The fraction of sp³-hybridized carbons (Fsp3) is 0.333. The van der Waals surface area contributed by atoms with E-state index < -0.39 is 11.9 Å². The van der Waals surface area contributed by atoms with Gasteiger partial charge in [-0.2, -0.15) is 4.98 Å².